The fraction of sp³-hybridized carbons (Fsp3) is 0.167. The van der Waals surface area contributed by atoms with Crippen LogP contribution >= 0.6 is 15.9 Å². The van der Waals surface area contributed by atoms with E-state index in [1.54, 1.807) is 6.92 Å². The lowest BCUT2D eigenvalue weighted by atomic mass is 10.1. The van der Waals surface area contributed by atoms with Gasteiger partial charge in [-0.25, -0.2) is 8.96 Å². The second-order valence-corrected chi connectivity index (χ2v) is 4.80. The van der Waals surface area contributed by atoms with E-state index in [1.165, 1.54) is 22.8 Å². The lowest BCUT2D eigenvalue weighted by Crippen LogP contribution is -2.14. The summed E-state index contributed by atoms with van der Waals surface area (Å²) in [5.74, 6) is -0.935. The molecule has 6 nitrogen and oxygen atoms in total. The topological polar surface area (TPSA) is 78.0 Å². The van der Waals surface area contributed by atoms with E-state index in [1.807, 2.05) is 0 Å². The van der Waals surface area contributed by atoms with Gasteiger partial charge in [0.15, 0.2) is 12.4 Å². The summed E-state index contributed by atoms with van der Waals surface area (Å²) in [5, 5.41) is 11.0. The molecule has 2 rings (SSSR count). The Hall–Kier alpha value is -2.09. The summed E-state index contributed by atoms with van der Waals surface area (Å²) in [5.41, 5.74) is 0.156. The average Bonchev–Trinajstić information content (AvgIpc) is 2.64. The predicted octanol–water partition coefficient (Wildman–Crippen LogP) is 2.88. The number of nitrogens with zero attached hydrogens (tertiary/aromatic N) is 3. The van der Waals surface area contributed by atoms with Crippen molar-refractivity contribution in [3.63, 3.8) is 0 Å². The van der Waals surface area contributed by atoms with Gasteiger partial charge in [-0.2, -0.15) is 4.98 Å². The van der Waals surface area contributed by atoms with Gasteiger partial charge in [-0.1, -0.05) is 12.1 Å². The van der Waals surface area contributed by atoms with Crippen LogP contribution in [-0.4, -0.2) is 20.3 Å². The van der Waals surface area contributed by atoms with E-state index in [0.29, 0.717) is 5.82 Å². The molecule has 0 unspecified atom stereocenters. The summed E-state index contributed by atoms with van der Waals surface area (Å²) >= 11 is 2.98. The van der Waals surface area contributed by atoms with Crippen molar-refractivity contribution >= 4 is 27.5 Å². The van der Waals surface area contributed by atoms with Crippen molar-refractivity contribution in [2.45, 2.75) is 13.5 Å². The van der Waals surface area contributed by atoms with Crippen LogP contribution in [0.25, 0.3) is 0 Å². The molecule has 0 spiro atoms. The Kier molecular flexibility index (Phi) is 3.93. The summed E-state index contributed by atoms with van der Waals surface area (Å²) in [6, 6.07) is 5.18. The molecule has 104 valence electrons. The highest BCUT2D eigenvalue weighted by Gasteiger charge is 2.25. The number of hydrogen-bond donors (Lipinski definition) is 0. The summed E-state index contributed by atoms with van der Waals surface area (Å²) in [7, 11) is 0. The van der Waals surface area contributed by atoms with Crippen molar-refractivity contribution in [1.82, 2.24) is 9.55 Å². The number of carbonyl (C=O) groups excluding carboxylic acids is 1. The van der Waals surface area contributed by atoms with E-state index in [0.717, 1.165) is 6.07 Å². The minimum atomic E-state index is -0.622. The van der Waals surface area contributed by atoms with Crippen molar-refractivity contribution in [2.24, 2.45) is 0 Å². The second-order valence-electron chi connectivity index (χ2n) is 4.05. The van der Waals surface area contributed by atoms with Gasteiger partial charge in [-0.3, -0.25) is 4.79 Å². The number of hydrogen-bond acceptors (Lipinski definition) is 4. The van der Waals surface area contributed by atoms with Gasteiger partial charge >= 0.3 is 5.82 Å². The number of imidazole rings is 1. The average molecular weight is 342 g/mol. The maximum absolute atomic E-state index is 13.1. The minimum Gasteiger partial charge on any atom is -0.358 e. The van der Waals surface area contributed by atoms with Gasteiger partial charge < -0.3 is 10.1 Å². The van der Waals surface area contributed by atoms with E-state index in [4.69, 9.17) is 0 Å². The fourth-order valence-corrected chi connectivity index (χ4v) is 2.39. The maximum Gasteiger partial charge on any atom is 0.357 e. The van der Waals surface area contributed by atoms with Crippen LogP contribution in [0.1, 0.15) is 16.2 Å². The fourth-order valence-electron chi connectivity index (χ4n) is 1.78. The van der Waals surface area contributed by atoms with Crippen molar-refractivity contribution in [2.75, 3.05) is 0 Å². The number of halogens is 2. The summed E-state index contributed by atoms with van der Waals surface area (Å²) in [4.78, 5) is 26.3. The van der Waals surface area contributed by atoms with Crippen LogP contribution in [0.3, 0.4) is 0 Å². The minimum absolute atomic E-state index is 0.0621. The molecule has 0 aliphatic carbocycles. The Balaban J connectivity index is 2.35. The van der Waals surface area contributed by atoms with Crippen LogP contribution in [0, 0.1) is 22.9 Å². The normalized spacial score (nSPS) is 10.6. The molecule has 0 saturated heterocycles. The standard InChI is InChI=1S/C12H9BrFN3O3/c1-7-15-11(13)12(17(19)20)16(7)6-10(18)8-3-2-4-9(14)5-8/h2-5H,6H2,1H3. The third kappa shape index (κ3) is 2.74. The van der Waals surface area contributed by atoms with E-state index in [9.17, 15) is 19.3 Å². The van der Waals surface area contributed by atoms with Gasteiger partial charge in [0.2, 0.25) is 10.4 Å². The molecule has 0 atom stereocenters. The van der Waals surface area contributed by atoms with Crippen molar-refractivity contribution in [3.05, 3.63) is 56.2 Å². The van der Waals surface area contributed by atoms with Crippen LogP contribution in [0.2, 0.25) is 0 Å². The third-order valence-corrected chi connectivity index (χ3v) is 3.24. The monoisotopic (exact) mass is 341 g/mol. The zero-order valence-corrected chi connectivity index (χ0v) is 11.9. The third-order valence-electron chi connectivity index (χ3n) is 2.71. The number of rotatable bonds is 4. The smallest absolute Gasteiger partial charge is 0.357 e. The number of aryl methyl sites for hydroxylation is 1. The second kappa shape index (κ2) is 5.49. The molecule has 1 aromatic carbocycles. The molecule has 0 bridgehead atoms. The molecule has 0 fully saturated rings. The summed E-state index contributed by atoms with van der Waals surface area (Å²) in [6.45, 7) is 1.28. The van der Waals surface area contributed by atoms with E-state index in [-0.39, 0.29) is 22.5 Å². The van der Waals surface area contributed by atoms with Gasteiger partial charge in [-0.05, 0) is 33.0 Å². The van der Waals surface area contributed by atoms with Crippen LogP contribution in [0.4, 0.5) is 10.2 Å². The molecule has 0 radical (unpaired) electrons. The van der Waals surface area contributed by atoms with Gasteiger partial charge in [-0.15, -0.1) is 0 Å². The Bertz CT molecular complexity index is 699. The highest BCUT2D eigenvalue weighted by Crippen LogP contribution is 2.25. The zero-order chi connectivity index (χ0) is 14.9. The summed E-state index contributed by atoms with van der Waals surface area (Å²) < 4.78 is 14.3. The number of benzene rings is 1. The van der Waals surface area contributed by atoms with E-state index < -0.39 is 16.5 Å². The molecule has 0 aliphatic heterocycles. The van der Waals surface area contributed by atoms with E-state index >= 15 is 0 Å². The van der Waals surface area contributed by atoms with Gasteiger partial charge in [0, 0.05) is 12.5 Å². The molecule has 0 N–H and O–H groups in total. The van der Waals surface area contributed by atoms with Crippen LogP contribution in [-0.2, 0) is 6.54 Å². The lowest BCUT2D eigenvalue weighted by molar-refractivity contribution is -0.392. The highest BCUT2D eigenvalue weighted by atomic mass is 79.9. The lowest BCUT2D eigenvalue weighted by Gasteiger charge is -2.03. The molecule has 2 aromatic rings. The molecular weight excluding hydrogens is 333 g/mol. The summed E-state index contributed by atoms with van der Waals surface area (Å²) in [6.07, 6.45) is 0. The number of carbonyl (C=O) groups is 1. The van der Waals surface area contributed by atoms with Gasteiger partial charge in [0.25, 0.3) is 0 Å². The van der Waals surface area contributed by atoms with Crippen LogP contribution < -0.4 is 0 Å². The molecule has 1 aromatic heterocycles. The Morgan fingerprint density at radius 1 is 1.55 bits per heavy atom. The first kappa shape index (κ1) is 14.3. The molecule has 0 saturated carbocycles. The number of Topliss-reactive ketones (excluding diaryl/α,β-unsaturated/α-hetero) is 1. The highest BCUT2D eigenvalue weighted by molar-refractivity contribution is 9.10. The van der Waals surface area contributed by atoms with Crippen molar-refractivity contribution in [3.8, 4) is 0 Å². The van der Waals surface area contributed by atoms with Crippen molar-refractivity contribution < 1.29 is 14.1 Å². The molecular formula is C12H9BrFN3O3. The molecule has 0 aliphatic rings. The quantitative estimate of drug-likeness (QED) is 0.486. The Morgan fingerprint density at radius 2 is 2.25 bits per heavy atom. The number of aromatic nitrogens is 2. The van der Waals surface area contributed by atoms with E-state index in [2.05, 4.69) is 20.9 Å². The van der Waals surface area contributed by atoms with Crippen molar-refractivity contribution in [1.29, 1.82) is 0 Å². The number of nitro groups is 1. The molecule has 1 heterocycles. The Morgan fingerprint density at radius 3 is 2.85 bits per heavy atom. The SMILES string of the molecule is Cc1nc(Br)c([N+](=O)[O-])n1CC(=O)c1cccc(F)c1. The zero-order valence-electron chi connectivity index (χ0n) is 10.3. The molecule has 8 heteroatoms. The number of ketones is 1. The molecule has 0 amide bonds. The van der Waals surface area contributed by atoms with Crippen LogP contribution in [0.15, 0.2) is 28.9 Å². The van der Waals surface area contributed by atoms with Gasteiger partial charge in [0.05, 0.1) is 0 Å². The first-order valence-corrected chi connectivity index (χ1v) is 6.35. The molecule has 20 heavy (non-hydrogen) atoms. The first-order valence-electron chi connectivity index (χ1n) is 5.56. The maximum atomic E-state index is 13.1. The largest absolute Gasteiger partial charge is 0.358 e. The predicted molar refractivity (Wildman–Crippen MR) is 72.0 cm³/mol. The van der Waals surface area contributed by atoms with Gasteiger partial charge in [0.1, 0.15) is 5.82 Å². The Labute approximate surface area is 121 Å². The van der Waals surface area contributed by atoms with Crippen LogP contribution in [0.5, 0.6) is 0 Å². The first-order chi connectivity index (χ1) is 9.40.